The lowest BCUT2D eigenvalue weighted by atomic mass is 9.79. The highest BCUT2D eigenvalue weighted by molar-refractivity contribution is 5.59. The van der Waals surface area contributed by atoms with Crippen molar-refractivity contribution in [3.63, 3.8) is 0 Å². The summed E-state index contributed by atoms with van der Waals surface area (Å²) >= 11 is 0. The third-order valence-corrected chi connectivity index (χ3v) is 3.86. The first-order valence-electron chi connectivity index (χ1n) is 5.58. The van der Waals surface area contributed by atoms with Crippen molar-refractivity contribution in [2.75, 3.05) is 0 Å². The summed E-state index contributed by atoms with van der Waals surface area (Å²) in [6, 6.07) is 10.5. The second-order valence-corrected chi connectivity index (χ2v) is 4.60. The number of hydrogen-bond donors (Lipinski definition) is 0. The largest absolute Gasteiger partial charge is 0.303 e. The van der Waals surface area contributed by atoms with Crippen LogP contribution >= 0.6 is 0 Å². The highest BCUT2D eigenvalue weighted by atomic mass is 16.1. The minimum atomic E-state index is 0.211. The molecule has 76 valence electrons. The van der Waals surface area contributed by atoms with Crippen LogP contribution in [-0.4, -0.2) is 6.29 Å². The van der Waals surface area contributed by atoms with Gasteiger partial charge in [0, 0.05) is 11.8 Å². The Bertz CT molecular complexity index is 393. The number of allylic oxidation sites excluding steroid dienone is 2. The summed E-state index contributed by atoms with van der Waals surface area (Å²) in [6.07, 6.45) is 6.85. The van der Waals surface area contributed by atoms with E-state index in [0.29, 0.717) is 17.8 Å². The van der Waals surface area contributed by atoms with Gasteiger partial charge in [-0.25, -0.2) is 0 Å². The quantitative estimate of drug-likeness (QED) is 0.527. The Morgan fingerprint density at radius 3 is 2.53 bits per heavy atom. The van der Waals surface area contributed by atoms with E-state index >= 15 is 0 Å². The van der Waals surface area contributed by atoms with Gasteiger partial charge in [0.25, 0.3) is 0 Å². The highest BCUT2D eigenvalue weighted by Gasteiger charge is 2.44. The van der Waals surface area contributed by atoms with Gasteiger partial charge >= 0.3 is 0 Å². The van der Waals surface area contributed by atoms with Gasteiger partial charge in [-0.2, -0.15) is 0 Å². The molecule has 2 aliphatic rings. The molecule has 0 spiro atoms. The van der Waals surface area contributed by atoms with Crippen molar-refractivity contribution in [3.05, 3.63) is 48.0 Å². The van der Waals surface area contributed by atoms with Crippen LogP contribution in [0.3, 0.4) is 0 Å². The molecule has 4 atom stereocenters. The van der Waals surface area contributed by atoms with Crippen LogP contribution in [0.4, 0.5) is 0 Å². The van der Waals surface area contributed by atoms with E-state index in [2.05, 4.69) is 36.4 Å². The molecule has 3 rings (SSSR count). The fraction of sp³-hybridized carbons (Fsp3) is 0.357. The minimum Gasteiger partial charge on any atom is -0.303 e. The summed E-state index contributed by atoms with van der Waals surface area (Å²) in [7, 11) is 0. The number of fused-ring (bicyclic) bond motifs is 2. The van der Waals surface area contributed by atoms with Crippen molar-refractivity contribution in [3.8, 4) is 0 Å². The van der Waals surface area contributed by atoms with Crippen LogP contribution in [0, 0.1) is 17.8 Å². The van der Waals surface area contributed by atoms with Gasteiger partial charge in [0.05, 0.1) is 0 Å². The predicted octanol–water partition coefficient (Wildman–Crippen LogP) is 2.79. The molecule has 1 aromatic rings. The lowest BCUT2D eigenvalue weighted by Gasteiger charge is -2.24. The van der Waals surface area contributed by atoms with Gasteiger partial charge in [-0.1, -0.05) is 42.5 Å². The third kappa shape index (κ3) is 1.26. The molecule has 0 aromatic heterocycles. The van der Waals surface area contributed by atoms with E-state index in [1.165, 1.54) is 12.0 Å². The SMILES string of the molecule is O=CC1C2C=CC(C2)C1c1ccccc1. The summed E-state index contributed by atoms with van der Waals surface area (Å²) in [5.41, 5.74) is 1.33. The fourth-order valence-electron chi connectivity index (χ4n) is 3.19. The average Bonchev–Trinajstić information content (AvgIpc) is 2.89. The Balaban J connectivity index is 1.99. The Labute approximate surface area is 89.8 Å². The molecule has 0 N–H and O–H groups in total. The average molecular weight is 198 g/mol. The smallest absolute Gasteiger partial charge is 0.124 e. The van der Waals surface area contributed by atoms with Crippen LogP contribution in [-0.2, 0) is 4.79 Å². The molecular weight excluding hydrogens is 184 g/mol. The van der Waals surface area contributed by atoms with E-state index in [-0.39, 0.29) is 5.92 Å². The molecular formula is C14H14O. The summed E-state index contributed by atoms with van der Waals surface area (Å²) in [4.78, 5) is 11.1. The zero-order valence-corrected chi connectivity index (χ0v) is 8.54. The van der Waals surface area contributed by atoms with Crippen molar-refractivity contribution >= 4 is 6.29 Å². The van der Waals surface area contributed by atoms with Gasteiger partial charge in [0.15, 0.2) is 0 Å². The van der Waals surface area contributed by atoms with Gasteiger partial charge in [-0.05, 0) is 23.8 Å². The standard InChI is InChI=1S/C14H14O/c15-9-13-11-6-7-12(8-11)14(13)10-4-2-1-3-5-10/h1-7,9,11-14H,8H2. The first kappa shape index (κ1) is 8.90. The molecule has 0 heterocycles. The van der Waals surface area contributed by atoms with Crippen LogP contribution in [0.1, 0.15) is 17.9 Å². The molecule has 0 radical (unpaired) electrons. The molecule has 1 aromatic carbocycles. The molecule has 1 nitrogen and oxygen atoms in total. The Hall–Kier alpha value is -1.37. The van der Waals surface area contributed by atoms with E-state index in [0.717, 1.165) is 6.29 Å². The van der Waals surface area contributed by atoms with Crippen LogP contribution in [0.5, 0.6) is 0 Å². The van der Waals surface area contributed by atoms with Crippen molar-refractivity contribution < 1.29 is 4.79 Å². The topological polar surface area (TPSA) is 17.1 Å². The Morgan fingerprint density at radius 1 is 1.07 bits per heavy atom. The lowest BCUT2D eigenvalue weighted by Crippen LogP contribution is -2.18. The number of hydrogen-bond acceptors (Lipinski definition) is 1. The van der Waals surface area contributed by atoms with Crippen LogP contribution in [0.2, 0.25) is 0 Å². The van der Waals surface area contributed by atoms with Crippen molar-refractivity contribution in [1.29, 1.82) is 0 Å². The summed E-state index contributed by atoms with van der Waals surface area (Å²) in [6.45, 7) is 0. The minimum absolute atomic E-state index is 0.211. The molecule has 4 unspecified atom stereocenters. The number of benzene rings is 1. The van der Waals surface area contributed by atoms with Gasteiger partial charge in [0.2, 0.25) is 0 Å². The van der Waals surface area contributed by atoms with Gasteiger partial charge in [-0.15, -0.1) is 0 Å². The zero-order valence-electron chi connectivity index (χ0n) is 8.54. The van der Waals surface area contributed by atoms with Gasteiger partial charge in [-0.3, -0.25) is 0 Å². The fourth-order valence-corrected chi connectivity index (χ4v) is 3.19. The van der Waals surface area contributed by atoms with Crippen molar-refractivity contribution in [2.24, 2.45) is 17.8 Å². The van der Waals surface area contributed by atoms with Crippen molar-refractivity contribution in [1.82, 2.24) is 0 Å². The number of carbonyl (C=O) groups is 1. The number of carbonyl (C=O) groups excluding carboxylic acids is 1. The van der Waals surface area contributed by atoms with E-state index in [4.69, 9.17) is 0 Å². The molecule has 0 amide bonds. The molecule has 1 heteroatoms. The molecule has 15 heavy (non-hydrogen) atoms. The molecule has 2 bridgehead atoms. The van der Waals surface area contributed by atoms with Gasteiger partial charge < -0.3 is 4.79 Å². The maximum Gasteiger partial charge on any atom is 0.124 e. The first-order valence-corrected chi connectivity index (χ1v) is 5.58. The maximum atomic E-state index is 11.1. The van der Waals surface area contributed by atoms with Crippen LogP contribution in [0.25, 0.3) is 0 Å². The van der Waals surface area contributed by atoms with Crippen molar-refractivity contribution in [2.45, 2.75) is 12.3 Å². The summed E-state index contributed by atoms with van der Waals surface area (Å²) in [5, 5.41) is 0. The van der Waals surface area contributed by atoms with Crippen LogP contribution < -0.4 is 0 Å². The Morgan fingerprint density at radius 2 is 1.80 bits per heavy atom. The second-order valence-electron chi connectivity index (χ2n) is 4.60. The number of rotatable bonds is 2. The van der Waals surface area contributed by atoms with E-state index in [1.54, 1.807) is 0 Å². The molecule has 0 aliphatic heterocycles. The van der Waals surface area contributed by atoms with E-state index in [9.17, 15) is 4.79 Å². The zero-order chi connectivity index (χ0) is 10.3. The Kier molecular flexibility index (Phi) is 1.98. The molecule has 1 saturated carbocycles. The lowest BCUT2D eigenvalue weighted by molar-refractivity contribution is -0.112. The second kappa shape index (κ2) is 3.34. The van der Waals surface area contributed by atoms with E-state index < -0.39 is 0 Å². The van der Waals surface area contributed by atoms with Crippen LogP contribution in [0.15, 0.2) is 42.5 Å². The predicted molar refractivity (Wildman–Crippen MR) is 59.5 cm³/mol. The normalized spacial score (nSPS) is 37.1. The molecule has 0 saturated heterocycles. The maximum absolute atomic E-state index is 11.1. The summed E-state index contributed by atoms with van der Waals surface area (Å²) < 4.78 is 0. The number of aldehydes is 1. The third-order valence-electron chi connectivity index (χ3n) is 3.86. The van der Waals surface area contributed by atoms with Gasteiger partial charge in [0.1, 0.15) is 6.29 Å². The highest BCUT2D eigenvalue weighted by Crippen LogP contribution is 2.51. The van der Waals surface area contributed by atoms with E-state index in [1.807, 2.05) is 6.07 Å². The summed E-state index contributed by atoms with van der Waals surface area (Å²) in [5.74, 6) is 1.73. The monoisotopic (exact) mass is 198 g/mol. The molecule has 2 aliphatic carbocycles. The molecule has 1 fully saturated rings. The first-order chi connectivity index (χ1) is 7.40.